The lowest BCUT2D eigenvalue weighted by Crippen LogP contribution is -2.27. The molecule has 0 amide bonds. The molecule has 88 valence electrons. The maximum absolute atomic E-state index is 9.47. The number of aliphatic hydroxyl groups excluding tert-OH is 1. The zero-order chi connectivity index (χ0) is 11.7. The standard InChI is InChI=1S/C10H16BNO3S/c1-7(12-5-4-8(13)6-12)9-2-3-10(16-9)11(14)15/h2-3,7-8,13-15H,4-6H2,1H3/t7-,8+/m0/s1. The molecule has 1 fully saturated rings. The summed E-state index contributed by atoms with van der Waals surface area (Å²) in [5.74, 6) is 0. The van der Waals surface area contributed by atoms with Crippen molar-refractivity contribution >= 4 is 23.2 Å². The predicted octanol–water partition coefficient (Wildman–Crippen LogP) is -0.445. The van der Waals surface area contributed by atoms with Crippen molar-refractivity contribution in [2.45, 2.75) is 25.5 Å². The molecule has 16 heavy (non-hydrogen) atoms. The average Bonchev–Trinajstić information content (AvgIpc) is 2.84. The number of β-amino-alcohol motifs (C(OH)–C–C–N with tert-alkyl or cyclic N) is 1. The van der Waals surface area contributed by atoms with Crippen LogP contribution in [0.1, 0.15) is 24.3 Å². The summed E-state index contributed by atoms with van der Waals surface area (Å²) in [7, 11) is -1.38. The minimum atomic E-state index is -1.38. The molecule has 0 unspecified atom stereocenters. The summed E-state index contributed by atoms with van der Waals surface area (Å²) in [6.45, 7) is 3.69. The van der Waals surface area contributed by atoms with E-state index in [4.69, 9.17) is 10.0 Å². The number of hydrogen-bond donors (Lipinski definition) is 3. The number of nitrogens with zero attached hydrogens (tertiary/aromatic N) is 1. The van der Waals surface area contributed by atoms with Gasteiger partial charge in [0.2, 0.25) is 0 Å². The van der Waals surface area contributed by atoms with Gasteiger partial charge in [0.25, 0.3) is 0 Å². The molecular weight excluding hydrogens is 225 g/mol. The first-order chi connectivity index (χ1) is 7.58. The van der Waals surface area contributed by atoms with Gasteiger partial charge in [0.15, 0.2) is 0 Å². The van der Waals surface area contributed by atoms with Gasteiger partial charge in [-0.15, -0.1) is 11.3 Å². The van der Waals surface area contributed by atoms with Crippen LogP contribution in [0.5, 0.6) is 0 Å². The van der Waals surface area contributed by atoms with E-state index in [1.54, 1.807) is 6.07 Å². The fourth-order valence-corrected chi connectivity index (χ4v) is 3.00. The van der Waals surface area contributed by atoms with E-state index in [0.717, 1.165) is 17.8 Å². The fraction of sp³-hybridized carbons (Fsp3) is 0.600. The molecule has 1 aromatic heterocycles. The van der Waals surface area contributed by atoms with E-state index in [-0.39, 0.29) is 12.1 Å². The summed E-state index contributed by atoms with van der Waals surface area (Å²) in [6.07, 6.45) is 0.607. The number of thiophene rings is 1. The van der Waals surface area contributed by atoms with Gasteiger partial charge in [-0.3, -0.25) is 4.90 Å². The fourth-order valence-electron chi connectivity index (χ4n) is 2.03. The maximum atomic E-state index is 9.47. The summed E-state index contributed by atoms with van der Waals surface area (Å²) in [4.78, 5) is 3.32. The molecule has 3 N–H and O–H groups in total. The van der Waals surface area contributed by atoms with Crippen LogP contribution in [-0.2, 0) is 0 Å². The van der Waals surface area contributed by atoms with Gasteiger partial charge in [0.1, 0.15) is 0 Å². The highest BCUT2D eigenvalue weighted by Gasteiger charge is 2.26. The second-order valence-corrected chi connectivity index (χ2v) is 5.37. The largest absolute Gasteiger partial charge is 0.499 e. The average molecular weight is 241 g/mol. The van der Waals surface area contributed by atoms with E-state index >= 15 is 0 Å². The van der Waals surface area contributed by atoms with Crippen LogP contribution in [0.25, 0.3) is 0 Å². The Morgan fingerprint density at radius 2 is 2.25 bits per heavy atom. The zero-order valence-electron chi connectivity index (χ0n) is 9.21. The third-order valence-corrected chi connectivity index (χ3v) is 4.35. The summed E-state index contributed by atoms with van der Waals surface area (Å²) < 4.78 is 0.571. The molecule has 4 nitrogen and oxygen atoms in total. The van der Waals surface area contributed by atoms with Gasteiger partial charge in [-0.05, 0) is 19.4 Å². The Bertz CT molecular complexity index is 358. The van der Waals surface area contributed by atoms with Gasteiger partial charge in [-0.25, -0.2) is 0 Å². The first-order valence-corrected chi connectivity index (χ1v) is 6.27. The summed E-state index contributed by atoms with van der Waals surface area (Å²) in [6, 6.07) is 3.90. The van der Waals surface area contributed by atoms with Crippen LogP contribution < -0.4 is 4.78 Å². The van der Waals surface area contributed by atoms with Crippen molar-refractivity contribution in [1.82, 2.24) is 4.90 Å². The van der Waals surface area contributed by atoms with Gasteiger partial charge in [-0.1, -0.05) is 6.07 Å². The molecule has 1 aliphatic rings. The molecule has 6 heteroatoms. The van der Waals surface area contributed by atoms with E-state index in [1.807, 2.05) is 6.07 Å². The Labute approximate surface area is 99.3 Å². The van der Waals surface area contributed by atoms with Crippen molar-refractivity contribution in [3.05, 3.63) is 17.0 Å². The normalized spacial score (nSPS) is 23.6. The molecular formula is C10H16BNO3S. The van der Waals surface area contributed by atoms with Crippen LogP contribution in [0.4, 0.5) is 0 Å². The van der Waals surface area contributed by atoms with Crippen molar-refractivity contribution < 1.29 is 15.2 Å². The zero-order valence-corrected chi connectivity index (χ0v) is 10.0. The van der Waals surface area contributed by atoms with Gasteiger partial charge >= 0.3 is 7.12 Å². The first kappa shape index (κ1) is 12.1. The summed E-state index contributed by atoms with van der Waals surface area (Å²) in [5, 5.41) is 27.5. The van der Waals surface area contributed by atoms with Crippen molar-refractivity contribution in [2.75, 3.05) is 13.1 Å². The number of hydrogen-bond acceptors (Lipinski definition) is 5. The summed E-state index contributed by atoms with van der Waals surface area (Å²) >= 11 is 1.41. The molecule has 2 atom stereocenters. The van der Waals surface area contributed by atoms with Crippen molar-refractivity contribution in [2.24, 2.45) is 0 Å². The molecule has 0 radical (unpaired) electrons. The highest BCUT2D eigenvalue weighted by Crippen LogP contribution is 2.27. The van der Waals surface area contributed by atoms with Crippen molar-refractivity contribution in [3.63, 3.8) is 0 Å². The van der Waals surface area contributed by atoms with E-state index < -0.39 is 7.12 Å². The lowest BCUT2D eigenvalue weighted by Gasteiger charge is -2.22. The topological polar surface area (TPSA) is 63.9 Å². The molecule has 1 aliphatic heterocycles. The highest BCUT2D eigenvalue weighted by atomic mass is 32.1. The van der Waals surface area contributed by atoms with Crippen molar-refractivity contribution in [3.8, 4) is 0 Å². The third kappa shape index (κ3) is 2.47. The number of rotatable bonds is 3. The molecule has 0 saturated carbocycles. The first-order valence-electron chi connectivity index (χ1n) is 5.46. The smallest absolute Gasteiger partial charge is 0.423 e. The second-order valence-electron chi connectivity index (χ2n) is 4.23. The maximum Gasteiger partial charge on any atom is 0.499 e. The number of aliphatic hydroxyl groups is 1. The Balaban J connectivity index is 2.05. The van der Waals surface area contributed by atoms with Gasteiger partial charge in [0.05, 0.1) is 6.10 Å². The Morgan fingerprint density at radius 1 is 1.50 bits per heavy atom. The third-order valence-electron chi connectivity index (χ3n) is 3.06. The monoisotopic (exact) mass is 241 g/mol. The quantitative estimate of drug-likeness (QED) is 0.627. The minimum Gasteiger partial charge on any atom is -0.423 e. The lowest BCUT2D eigenvalue weighted by atomic mass is 9.90. The molecule has 0 aromatic carbocycles. The number of likely N-dealkylation sites (tertiary alicyclic amines) is 1. The van der Waals surface area contributed by atoms with Crippen molar-refractivity contribution in [1.29, 1.82) is 0 Å². The molecule has 2 heterocycles. The van der Waals surface area contributed by atoms with E-state index in [0.29, 0.717) is 11.3 Å². The summed E-state index contributed by atoms with van der Waals surface area (Å²) in [5.41, 5.74) is 0. The highest BCUT2D eigenvalue weighted by molar-refractivity contribution is 7.22. The van der Waals surface area contributed by atoms with Gasteiger partial charge < -0.3 is 15.2 Å². The van der Waals surface area contributed by atoms with E-state index in [1.165, 1.54) is 11.3 Å². The van der Waals surface area contributed by atoms with E-state index in [9.17, 15) is 5.11 Å². The van der Waals surface area contributed by atoms with Gasteiger partial charge in [0, 0.05) is 28.8 Å². The van der Waals surface area contributed by atoms with Gasteiger partial charge in [-0.2, -0.15) is 0 Å². The Hall–Kier alpha value is -0.395. The van der Waals surface area contributed by atoms with E-state index in [2.05, 4.69) is 11.8 Å². The van der Waals surface area contributed by atoms with Crippen LogP contribution in [0.15, 0.2) is 12.1 Å². The molecule has 1 aromatic rings. The Morgan fingerprint density at radius 3 is 2.75 bits per heavy atom. The molecule has 2 rings (SSSR count). The molecule has 0 spiro atoms. The second kappa shape index (κ2) is 4.85. The molecule has 0 bridgehead atoms. The van der Waals surface area contributed by atoms with Crippen LogP contribution in [-0.4, -0.2) is 46.4 Å². The Kier molecular flexibility index (Phi) is 3.66. The van der Waals surface area contributed by atoms with Crippen LogP contribution in [0, 0.1) is 0 Å². The van der Waals surface area contributed by atoms with Crippen LogP contribution in [0.2, 0.25) is 0 Å². The van der Waals surface area contributed by atoms with Crippen LogP contribution >= 0.6 is 11.3 Å². The minimum absolute atomic E-state index is 0.217. The lowest BCUT2D eigenvalue weighted by molar-refractivity contribution is 0.164. The molecule has 0 aliphatic carbocycles. The molecule has 1 saturated heterocycles. The van der Waals surface area contributed by atoms with Crippen LogP contribution in [0.3, 0.4) is 0 Å². The predicted molar refractivity (Wildman–Crippen MR) is 64.8 cm³/mol. The SMILES string of the molecule is C[C@@H](c1ccc(B(O)O)s1)N1CC[C@@H](O)C1.